The number of piperidine rings is 1. The summed E-state index contributed by atoms with van der Waals surface area (Å²) in [4.78, 5) is 26.9. The minimum Gasteiger partial charge on any atom is -0.381 e. The first kappa shape index (κ1) is 17.9. The highest BCUT2D eigenvalue weighted by molar-refractivity contribution is 5.98. The van der Waals surface area contributed by atoms with Gasteiger partial charge in [0.25, 0.3) is 5.91 Å². The summed E-state index contributed by atoms with van der Waals surface area (Å²) in [5.74, 6) is -0.0223. The maximum absolute atomic E-state index is 12.6. The number of hydrogen-bond donors (Lipinski definition) is 2. The summed E-state index contributed by atoms with van der Waals surface area (Å²) >= 11 is 0. The third-order valence-electron chi connectivity index (χ3n) is 5.10. The second-order valence-electron chi connectivity index (χ2n) is 6.90. The molecule has 6 heteroatoms. The SMILES string of the molecule is NC(C(=O)Nc1cccc(C(=O)N2CCCCC2)c1)C1CCOCC1. The molecule has 2 heterocycles. The maximum atomic E-state index is 12.6. The van der Waals surface area contributed by atoms with Gasteiger partial charge in [0.15, 0.2) is 0 Å². The smallest absolute Gasteiger partial charge is 0.253 e. The second-order valence-corrected chi connectivity index (χ2v) is 6.90. The second kappa shape index (κ2) is 8.45. The van der Waals surface area contributed by atoms with E-state index in [2.05, 4.69) is 5.32 Å². The molecule has 2 aliphatic rings. The summed E-state index contributed by atoms with van der Waals surface area (Å²) < 4.78 is 5.32. The number of hydrogen-bond acceptors (Lipinski definition) is 4. The van der Waals surface area contributed by atoms with E-state index in [1.165, 1.54) is 6.42 Å². The minimum absolute atomic E-state index is 0.0320. The van der Waals surface area contributed by atoms with Gasteiger partial charge in [-0.1, -0.05) is 6.07 Å². The van der Waals surface area contributed by atoms with Crippen LogP contribution < -0.4 is 11.1 Å². The topological polar surface area (TPSA) is 84.7 Å². The summed E-state index contributed by atoms with van der Waals surface area (Å²) in [6.07, 6.45) is 4.92. The van der Waals surface area contributed by atoms with Crippen molar-refractivity contribution in [3.63, 3.8) is 0 Å². The van der Waals surface area contributed by atoms with Gasteiger partial charge >= 0.3 is 0 Å². The number of amides is 2. The Balaban J connectivity index is 1.62. The molecular formula is C19H27N3O3. The molecule has 1 unspecified atom stereocenters. The van der Waals surface area contributed by atoms with Crippen molar-refractivity contribution in [2.75, 3.05) is 31.6 Å². The van der Waals surface area contributed by atoms with Crippen LogP contribution in [0.1, 0.15) is 42.5 Å². The van der Waals surface area contributed by atoms with Crippen molar-refractivity contribution in [1.82, 2.24) is 4.90 Å². The third kappa shape index (κ3) is 4.58. The van der Waals surface area contributed by atoms with E-state index < -0.39 is 6.04 Å². The number of ether oxygens (including phenoxy) is 1. The minimum atomic E-state index is -0.551. The van der Waals surface area contributed by atoms with Crippen LogP contribution in [0.15, 0.2) is 24.3 Å². The molecule has 2 saturated heterocycles. The number of carbonyl (C=O) groups excluding carboxylic acids is 2. The molecule has 0 bridgehead atoms. The average Bonchev–Trinajstić information content (AvgIpc) is 2.68. The van der Waals surface area contributed by atoms with E-state index in [1.807, 2.05) is 4.90 Å². The first-order valence-corrected chi connectivity index (χ1v) is 9.18. The molecule has 0 radical (unpaired) electrons. The van der Waals surface area contributed by atoms with Crippen LogP contribution in [0.25, 0.3) is 0 Å². The van der Waals surface area contributed by atoms with Crippen molar-refractivity contribution in [2.24, 2.45) is 11.7 Å². The lowest BCUT2D eigenvalue weighted by Gasteiger charge is -2.27. The van der Waals surface area contributed by atoms with Crippen molar-refractivity contribution >= 4 is 17.5 Å². The van der Waals surface area contributed by atoms with Gasteiger partial charge in [-0.3, -0.25) is 9.59 Å². The number of anilines is 1. The van der Waals surface area contributed by atoms with Gasteiger partial charge < -0.3 is 20.7 Å². The summed E-state index contributed by atoms with van der Waals surface area (Å²) in [7, 11) is 0. The van der Waals surface area contributed by atoms with Crippen LogP contribution in [0.3, 0.4) is 0 Å². The molecule has 1 atom stereocenters. The molecule has 3 N–H and O–H groups in total. The number of nitrogens with one attached hydrogen (secondary N) is 1. The Labute approximate surface area is 148 Å². The van der Waals surface area contributed by atoms with E-state index in [-0.39, 0.29) is 17.7 Å². The number of nitrogens with zero attached hydrogens (tertiary/aromatic N) is 1. The van der Waals surface area contributed by atoms with E-state index in [4.69, 9.17) is 10.5 Å². The van der Waals surface area contributed by atoms with Crippen LogP contribution in [0.4, 0.5) is 5.69 Å². The van der Waals surface area contributed by atoms with Crippen molar-refractivity contribution in [3.05, 3.63) is 29.8 Å². The van der Waals surface area contributed by atoms with Gasteiger partial charge in [0.2, 0.25) is 5.91 Å². The highest BCUT2D eigenvalue weighted by Crippen LogP contribution is 2.20. The Morgan fingerprint density at radius 3 is 2.60 bits per heavy atom. The van der Waals surface area contributed by atoms with Crippen molar-refractivity contribution in [2.45, 2.75) is 38.1 Å². The molecule has 1 aromatic rings. The highest BCUT2D eigenvalue weighted by Gasteiger charge is 2.27. The molecule has 1 aromatic carbocycles. The Morgan fingerprint density at radius 1 is 1.16 bits per heavy atom. The van der Waals surface area contributed by atoms with Gasteiger partial charge in [-0.05, 0) is 56.2 Å². The molecule has 6 nitrogen and oxygen atoms in total. The van der Waals surface area contributed by atoms with E-state index in [9.17, 15) is 9.59 Å². The number of likely N-dealkylation sites (tertiary alicyclic amines) is 1. The molecule has 0 aromatic heterocycles. The summed E-state index contributed by atoms with van der Waals surface area (Å²) in [6.45, 7) is 2.94. The predicted molar refractivity (Wildman–Crippen MR) is 96.3 cm³/mol. The Kier molecular flexibility index (Phi) is 6.04. The van der Waals surface area contributed by atoms with Crippen molar-refractivity contribution in [3.8, 4) is 0 Å². The Hall–Kier alpha value is -1.92. The van der Waals surface area contributed by atoms with Crippen molar-refractivity contribution < 1.29 is 14.3 Å². The van der Waals surface area contributed by atoms with Gasteiger partial charge in [0, 0.05) is 37.6 Å². The summed E-state index contributed by atoms with van der Waals surface area (Å²) in [5.41, 5.74) is 7.34. The molecule has 25 heavy (non-hydrogen) atoms. The van der Waals surface area contributed by atoms with E-state index in [0.29, 0.717) is 24.5 Å². The number of rotatable bonds is 4. The molecule has 2 aliphatic heterocycles. The van der Waals surface area contributed by atoms with E-state index in [0.717, 1.165) is 38.8 Å². The average molecular weight is 345 g/mol. The van der Waals surface area contributed by atoms with Crippen LogP contribution in [0.2, 0.25) is 0 Å². The number of carbonyl (C=O) groups is 2. The Morgan fingerprint density at radius 2 is 1.88 bits per heavy atom. The zero-order valence-electron chi connectivity index (χ0n) is 14.6. The zero-order valence-corrected chi connectivity index (χ0v) is 14.6. The van der Waals surface area contributed by atoms with Gasteiger partial charge in [-0.2, -0.15) is 0 Å². The lowest BCUT2D eigenvalue weighted by atomic mass is 9.92. The molecule has 0 aliphatic carbocycles. The molecule has 136 valence electrons. The quantitative estimate of drug-likeness (QED) is 0.874. The molecule has 3 rings (SSSR count). The summed E-state index contributed by atoms with van der Waals surface area (Å²) in [5, 5.41) is 2.86. The van der Waals surface area contributed by atoms with E-state index in [1.54, 1.807) is 24.3 Å². The van der Waals surface area contributed by atoms with Gasteiger partial charge in [0.1, 0.15) is 0 Å². The molecule has 0 spiro atoms. The first-order chi connectivity index (χ1) is 12.1. The summed E-state index contributed by atoms with van der Waals surface area (Å²) in [6, 6.07) is 6.58. The monoisotopic (exact) mass is 345 g/mol. The number of nitrogens with two attached hydrogens (primary N) is 1. The first-order valence-electron chi connectivity index (χ1n) is 9.18. The maximum Gasteiger partial charge on any atom is 0.253 e. The van der Waals surface area contributed by atoms with Gasteiger partial charge in [-0.15, -0.1) is 0 Å². The van der Waals surface area contributed by atoms with Crippen molar-refractivity contribution in [1.29, 1.82) is 0 Å². The highest BCUT2D eigenvalue weighted by atomic mass is 16.5. The van der Waals surface area contributed by atoms with Gasteiger partial charge in [-0.25, -0.2) is 0 Å². The molecular weight excluding hydrogens is 318 g/mol. The normalized spacial score (nSPS) is 20.1. The number of benzene rings is 1. The van der Waals surface area contributed by atoms with Crippen LogP contribution in [0, 0.1) is 5.92 Å². The fourth-order valence-corrected chi connectivity index (χ4v) is 3.52. The van der Waals surface area contributed by atoms with Crippen LogP contribution in [-0.2, 0) is 9.53 Å². The van der Waals surface area contributed by atoms with Crippen LogP contribution >= 0.6 is 0 Å². The molecule has 2 amide bonds. The molecule has 2 fully saturated rings. The molecule has 0 saturated carbocycles. The third-order valence-corrected chi connectivity index (χ3v) is 5.10. The lowest BCUT2D eigenvalue weighted by molar-refractivity contribution is -0.119. The van der Waals surface area contributed by atoms with E-state index >= 15 is 0 Å². The van der Waals surface area contributed by atoms with Crippen LogP contribution in [0.5, 0.6) is 0 Å². The fraction of sp³-hybridized carbons (Fsp3) is 0.579. The predicted octanol–water partition coefficient (Wildman–Crippen LogP) is 2.01. The largest absolute Gasteiger partial charge is 0.381 e. The lowest BCUT2D eigenvalue weighted by Crippen LogP contribution is -2.44. The van der Waals surface area contributed by atoms with Crippen LogP contribution in [-0.4, -0.2) is 49.1 Å². The standard InChI is InChI=1S/C19H27N3O3/c20-17(14-7-11-25-12-8-14)18(23)21-16-6-4-5-15(13-16)19(24)22-9-2-1-3-10-22/h4-6,13-14,17H,1-3,7-12,20H2,(H,21,23). The Bertz CT molecular complexity index is 608. The zero-order chi connectivity index (χ0) is 17.6. The fourth-order valence-electron chi connectivity index (χ4n) is 3.52. The van der Waals surface area contributed by atoms with Gasteiger partial charge in [0.05, 0.1) is 6.04 Å².